The molecule has 0 bridgehead atoms. The maximum absolute atomic E-state index is 12.1. The minimum Gasteiger partial charge on any atom is -0.277 e. The van der Waals surface area contributed by atoms with Gasteiger partial charge in [-0.2, -0.15) is 0 Å². The SMILES string of the molecule is CN1C(=O)c2ccc(SCCSc3ccc4c(c3)C(=O)N(C)C4=O)cc2C1=O. The summed E-state index contributed by atoms with van der Waals surface area (Å²) in [6, 6.07) is 10.7. The summed E-state index contributed by atoms with van der Waals surface area (Å²) in [7, 11) is 2.97. The first kappa shape index (κ1) is 18.8. The number of imide groups is 2. The van der Waals surface area contributed by atoms with Crippen LogP contribution in [-0.2, 0) is 0 Å². The lowest BCUT2D eigenvalue weighted by Crippen LogP contribution is -2.24. The summed E-state index contributed by atoms with van der Waals surface area (Å²) in [6.45, 7) is 0. The van der Waals surface area contributed by atoms with Gasteiger partial charge < -0.3 is 0 Å². The number of amides is 4. The van der Waals surface area contributed by atoms with Gasteiger partial charge in [0.05, 0.1) is 22.3 Å². The molecule has 2 heterocycles. The normalized spacial score (nSPS) is 15.5. The van der Waals surface area contributed by atoms with Crippen LogP contribution in [-0.4, -0.2) is 59.0 Å². The van der Waals surface area contributed by atoms with Crippen LogP contribution in [0.2, 0.25) is 0 Å². The van der Waals surface area contributed by atoms with Crippen LogP contribution in [0.4, 0.5) is 0 Å². The Hall–Kier alpha value is -2.58. The van der Waals surface area contributed by atoms with Crippen molar-refractivity contribution in [1.82, 2.24) is 9.80 Å². The molecule has 0 aliphatic carbocycles. The van der Waals surface area contributed by atoms with E-state index in [9.17, 15) is 19.2 Å². The zero-order valence-corrected chi connectivity index (χ0v) is 16.9. The van der Waals surface area contributed by atoms with Crippen molar-refractivity contribution in [2.75, 3.05) is 25.6 Å². The number of carbonyl (C=O) groups is 4. The van der Waals surface area contributed by atoms with E-state index in [0.717, 1.165) is 31.1 Å². The Morgan fingerprint density at radius 2 is 0.964 bits per heavy atom. The first-order valence-corrected chi connectivity index (χ1v) is 10.5. The maximum Gasteiger partial charge on any atom is 0.261 e. The van der Waals surface area contributed by atoms with Crippen molar-refractivity contribution in [1.29, 1.82) is 0 Å². The smallest absolute Gasteiger partial charge is 0.261 e. The molecule has 8 heteroatoms. The molecule has 0 saturated heterocycles. The van der Waals surface area contributed by atoms with Crippen LogP contribution in [0.15, 0.2) is 46.2 Å². The van der Waals surface area contributed by atoms with Crippen molar-refractivity contribution in [3.63, 3.8) is 0 Å². The van der Waals surface area contributed by atoms with E-state index < -0.39 is 0 Å². The van der Waals surface area contributed by atoms with Crippen LogP contribution < -0.4 is 0 Å². The molecule has 0 radical (unpaired) electrons. The summed E-state index contributed by atoms with van der Waals surface area (Å²) in [5, 5.41) is 0. The van der Waals surface area contributed by atoms with Gasteiger partial charge in [-0.3, -0.25) is 29.0 Å². The summed E-state index contributed by atoms with van der Waals surface area (Å²) in [5.41, 5.74) is 1.81. The summed E-state index contributed by atoms with van der Waals surface area (Å²) in [6.07, 6.45) is 0. The first-order valence-electron chi connectivity index (χ1n) is 8.57. The highest BCUT2D eigenvalue weighted by Crippen LogP contribution is 2.30. The van der Waals surface area contributed by atoms with E-state index in [2.05, 4.69) is 0 Å². The third-order valence-electron chi connectivity index (χ3n) is 4.74. The topological polar surface area (TPSA) is 74.8 Å². The highest BCUT2D eigenvalue weighted by atomic mass is 32.2. The Balaban J connectivity index is 1.37. The quantitative estimate of drug-likeness (QED) is 0.427. The Labute approximate surface area is 170 Å². The number of hydrogen-bond acceptors (Lipinski definition) is 6. The Kier molecular flexibility index (Phi) is 4.76. The average Bonchev–Trinajstić information content (AvgIpc) is 3.05. The van der Waals surface area contributed by atoms with E-state index in [-0.39, 0.29) is 23.6 Å². The third-order valence-corrected chi connectivity index (χ3v) is 6.99. The Morgan fingerprint density at radius 1 is 0.607 bits per heavy atom. The summed E-state index contributed by atoms with van der Waals surface area (Å²) in [5.74, 6) is 0.541. The number of benzene rings is 2. The van der Waals surface area contributed by atoms with Crippen molar-refractivity contribution in [2.24, 2.45) is 0 Å². The molecule has 0 spiro atoms. The largest absolute Gasteiger partial charge is 0.277 e. The van der Waals surface area contributed by atoms with Gasteiger partial charge in [0.25, 0.3) is 23.6 Å². The van der Waals surface area contributed by atoms with Gasteiger partial charge in [-0.05, 0) is 36.4 Å². The van der Waals surface area contributed by atoms with Gasteiger partial charge in [0.1, 0.15) is 0 Å². The molecular formula is C20H16N2O4S2. The fourth-order valence-electron chi connectivity index (χ4n) is 3.18. The molecule has 0 unspecified atom stereocenters. The number of rotatable bonds is 5. The zero-order chi connectivity index (χ0) is 20.0. The van der Waals surface area contributed by atoms with E-state index in [0.29, 0.717) is 22.3 Å². The second-order valence-electron chi connectivity index (χ2n) is 6.45. The maximum atomic E-state index is 12.1. The molecule has 4 rings (SSSR count). The van der Waals surface area contributed by atoms with E-state index >= 15 is 0 Å². The molecule has 6 nitrogen and oxygen atoms in total. The van der Waals surface area contributed by atoms with Gasteiger partial charge >= 0.3 is 0 Å². The Morgan fingerprint density at radius 3 is 1.36 bits per heavy atom. The van der Waals surface area contributed by atoms with Crippen LogP contribution in [0.25, 0.3) is 0 Å². The summed E-state index contributed by atoms with van der Waals surface area (Å²) >= 11 is 3.21. The second-order valence-corrected chi connectivity index (χ2v) is 8.79. The number of fused-ring (bicyclic) bond motifs is 2. The summed E-state index contributed by atoms with van der Waals surface area (Å²) < 4.78 is 0. The number of nitrogens with zero attached hydrogens (tertiary/aromatic N) is 2. The molecule has 0 N–H and O–H groups in total. The van der Waals surface area contributed by atoms with Crippen LogP contribution in [0.3, 0.4) is 0 Å². The fourth-order valence-corrected chi connectivity index (χ4v) is 5.05. The molecule has 0 fully saturated rings. The molecule has 0 aromatic heterocycles. The molecular weight excluding hydrogens is 396 g/mol. The molecule has 142 valence electrons. The highest BCUT2D eigenvalue weighted by Gasteiger charge is 2.33. The number of hydrogen-bond donors (Lipinski definition) is 0. The van der Waals surface area contributed by atoms with Gasteiger partial charge in [0, 0.05) is 35.4 Å². The fraction of sp³-hybridized carbons (Fsp3) is 0.200. The minimum absolute atomic E-state index is 0.262. The van der Waals surface area contributed by atoms with Crippen molar-refractivity contribution >= 4 is 47.2 Å². The van der Waals surface area contributed by atoms with Crippen molar-refractivity contribution in [2.45, 2.75) is 9.79 Å². The highest BCUT2D eigenvalue weighted by molar-refractivity contribution is 8.03. The molecule has 2 aliphatic heterocycles. The summed E-state index contributed by atoms with van der Waals surface area (Å²) in [4.78, 5) is 52.1. The lowest BCUT2D eigenvalue weighted by molar-refractivity contribution is 0.0677. The second kappa shape index (κ2) is 7.10. The molecule has 2 aromatic rings. The van der Waals surface area contributed by atoms with Gasteiger partial charge in [-0.1, -0.05) is 0 Å². The van der Waals surface area contributed by atoms with Gasteiger partial charge in [-0.25, -0.2) is 0 Å². The first-order chi connectivity index (χ1) is 13.4. The van der Waals surface area contributed by atoms with Crippen LogP contribution >= 0.6 is 23.5 Å². The van der Waals surface area contributed by atoms with Crippen molar-refractivity contribution in [3.8, 4) is 0 Å². The van der Waals surface area contributed by atoms with E-state index in [4.69, 9.17) is 0 Å². The Bertz CT molecular complexity index is 967. The van der Waals surface area contributed by atoms with Crippen molar-refractivity contribution in [3.05, 3.63) is 58.7 Å². The monoisotopic (exact) mass is 412 g/mol. The molecule has 2 aliphatic rings. The molecule has 0 atom stereocenters. The van der Waals surface area contributed by atoms with E-state index in [1.165, 1.54) is 14.1 Å². The van der Waals surface area contributed by atoms with Crippen molar-refractivity contribution < 1.29 is 19.2 Å². The van der Waals surface area contributed by atoms with E-state index in [1.54, 1.807) is 47.8 Å². The van der Waals surface area contributed by atoms with E-state index in [1.807, 2.05) is 12.1 Å². The van der Waals surface area contributed by atoms with Crippen LogP contribution in [0.5, 0.6) is 0 Å². The minimum atomic E-state index is -0.265. The van der Waals surface area contributed by atoms with Crippen LogP contribution in [0, 0.1) is 0 Å². The van der Waals surface area contributed by atoms with Crippen LogP contribution in [0.1, 0.15) is 41.4 Å². The molecule has 2 aromatic carbocycles. The molecule has 28 heavy (non-hydrogen) atoms. The lowest BCUT2D eigenvalue weighted by Gasteiger charge is -2.05. The number of thioether (sulfide) groups is 2. The lowest BCUT2D eigenvalue weighted by atomic mass is 10.1. The number of carbonyl (C=O) groups excluding carboxylic acids is 4. The van der Waals surface area contributed by atoms with Gasteiger partial charge in [-0.15, -0.1) is 23.5 Å². The molecule has 4 amide bonds. The molecule has 0 saturated carbocycles. The zero-order valence-electron chi connectivity index (χ0n) is 15.2. The van der Waals surface area contributed by atoms with Gasteiger partial charge in [0.2, 0.25) is 0 Å². The predicted octanol–water partition coefficient (Wildman–Crippen LogP) is 3.02. The predicted molar refractivity (Wildman–Crippen MR) is 107 cm³/mol. The average molecular weight is 412 g/mol. The third kappa shape index (κ3) is 3.02. The van der Waals surface area contributed by atoms with Gasteiger partial charge in [0.15, 0.2) is 0 Å². The standard InChI is InChI=1S/C20H16N2O4S2/c1-21-17(23)13-5-3-11(9-15(13)19(21)25)27-7-8-28-12-4-6-14-16(10-12)20(26)22(2)18(14)24/h3-6,9-10H,7-8H2,1-2H3.